The maximum absolute atomic E-state index is 12.7. The Labute approximate surface area is 157 Å². The van der Waals surface area contributed by atoms with Crippen LogP contribution < -0.4 is 5.56 Å². The number of piperidine rings is 1. The van der Waals surface area contributed by atoms with Crippen LogP contribution in [0.3, 0.4) is 0 Å². The Balaban J connectivity index is 1.42. The van der Waals surface area contributed by atoms with Crippen molar-refractivity contribution < 1.29 is 9.59 Å². The summed E-state index contributed by atoms with van der Waals surface area (Å²) in [5.41, 5.74) is 1.14. The third-order valence-electron chi connectivity index (χ3n) is 5.90. The lowest BCUT2D eigenvalue weighted by atomic mass is 9.78. The van der Waals surface area contributed by atoms with E-state index < -0.39 is 5.41 Å². The van der Waals surface area contributed by atoms with Gasteiger partial charge in [-0.3, -0.25) is 14.4 Å². The lowest BCUT2D eigenvalue weighted by Crippen LogP contribution is -2.48. The minimum absolute atomic E-state index is 0.0118. The van der Waals surface area contributed by atoms with Gasteiger partial charge in [-0.2, -0.15) is 0 Å². The van der Waals surface area contributed by atoms with E-state index in [4.69, 9.17) is 0 Å². The maximum Gasteiger partial charge on any atom is 0.270 e. The summed E-state index contributed by atoms with van der Waals surface area (Å²) in [6.45, 7) is 1.90. The van der Waals surface area contributed by atoms with Gasteiger partial charge in [-0.15, -0.1) is 0 Å². The number of H-pyrrole nitrogens is 1. The number of hydrogen-bond donors (Lipinski definition) is 1. The first-order chi connectivity index (χ1) is 13.0. The Kier molecular flexibility index (Phi) is 4.45. The number of para-hydroxylation sites is 2. The summed E-state index contributed by atoms with van der Waals surface area (Å²) in [6, 6.07) is 7.35. The van der Waals surface area contributed by atoms with Crippen molar-refractivity contribution in [2.75, 3.05) is 26.7 Å². The van der Waals surface area contributed by atoms with E-state index in [1.165, 1.54) is 0 Å². The second kappa shape index (κ2) is 6.79. The van der Waals surface area contributed by atoms with Crippen LogP contribution in [0.25, 0.3) is 11.0 Å². The zero-order valence-electron chi connectivity index (χ0n) is 15.5. The number of fused-ring (bicyclic) bond motifs is 1. The van der Waals surface area contributed by atoms with Gasteiger partial charge in [0.1, 0.15) is 5.69 Å². The zero-order chi connectivity index (χ0) is 19.0. The molecule has 1 unspecified atom stereocenters. The number of nitrogens with one attached hydrogen (secondary N) is 1. The molecule has 27 heavy (non-hydrogen) atoms. The standard InChI is InChI=1S/C20H24N4O3/c1-23-11-4-9-20(19(23)27)10-12-24(13-20)17(25)8-7-16-18(26)22-15-6-3-2-5-14(15)21-16/h2-3,5-6H,4,7-13H2,1H3,(H,22,26). The van der Waals surface area contributed by atoms with Gasteiger partial charge in [0, 0.05) is 39.5 Å². The molecule has 3 heterocycles. The predicted octanol–water partition coefficient (Wildman–Crippen LogP) is 1.33. The lowest BCUT2D eigenvalue weighted by molar-refractivity contribution is -0.144. The fourth-order valence-electron chi connectivity index (χ4n) is 4.35. The third kappa shape index (κ3) is 3.22. The van der Waals surface area contributed by atoms with Crippen molar-refractivity contribution in [1.29, 1.82) is 0 Å². The molecule has 1 spiro atoms. The monoisotopic (exact) mass is 368 g/mol. The smallest absolute Gasteiger partial charge is 0.270 e. The van der Waals surface area contributed by atoms with E-state index in [0.717, 1.165) is 31.3 Å². The molecule has 0 radical (unpaired) electrons. The fraction of sp³-hybridized carbons (Fsp3) is 0.500. The molecule has 2 amide bonds. The number of aromatic nitrogens is 2. The van der Waals surface area contributed by atoms with Crippen LogP contribution in [0.4, 0.5) is 0 Å². The summed E-state index contributed by atoms with van der Waals surface area (Å²) in [5, 5.41) is 0. The summed E-state index contributed by atoms with van der Waals surface area (Å²) in [6.07, 6.45) is 3.11. The zero-order valence-corrected chi connectivity index (χ0v) is 15.5. The minimum Gasteiger partial charge on any atom is -0.345 e. The molecule has 4 rings (SSSR count). The number of nitrogens with zero attached hydrogens (tertiary/aromatic N) is 3. The number of benzene rings is 1. The van der Waals surface area contributed by atoms with Crippen LogP contribution in [0.1, 0.15) is 31.4 Å². The van der Waals surface area contributed by atoms with E-state index in [-0.39, 0.29) is 23.8 Å². The van der Waals surface area contributed by atoms with Gasteiger partial charge in [0.25, 0.3) is 5.56 Å². The first-order valence-corrected chi connectivity index (χ1v) is 9.50. The molecule has 2 aliphatic heterocycles. The van der Waals surface area contributed by atoms with Gasteiger partial charge >= 0.3 is 0 Å². The molecule has 2 aliphatic rings. The van der Waals surface area contributed by atoms with Crippen LogP contribution in [0.15, 0.2) is 29.1 Å². The summed E-state index contributed by atoms with van der Waals surface area (Å²) in [7, 11) is 1.84. The van der Waals surface area contributed by atoms with Gasteiger partial charge < -0.3 is 14.8 Å². The second-order valence-corrected chi connectivity index (χ2v) is 7.71. The van der Waals surface area contributed by atoms with Crippen LogP contribution >= 0.6 is 0 Å². The maximum atomic E-state index is 12.7. The third-order valence-corrected chi connectivity index (χ3v) is 5.90. The number of likely N-dealkylation sites (tertiary alicyclic amines) is 2. The van der Waals surface area contributed by atoms with Gasteiger partial charge in [0.15, 0.2) is 0 Å². The summed E-state index contributed by atoms with van der Waals surface area (Å²) < 4.78 is 0. The highest BCUT2D eigenvalue weighted by Crippen LogP contribution is 2.39. The molecule has 2 fully saturated rings. The average molecular weight is 368 g/mol. The largest absolute Gasteiger partial charge is 0.345 e. The highest BCUT2D eigenvalue weighted by Gasteiger charge is 2.48. The van der Waals surface area contributed by atoms with Crippen molar-refractivity contribution in [1.82, 2.24) is 19.8 Å². The Bertz CT molecular complexity index is 954. The molecule has 0 bridgehead atoms. The number of amides is 2. The highest BCUT2D eigenvalue weighted by atomic mass is 16.2. The number of carbonyl (C=O) groups excluding carboxylic acids is 2. The molecule has 1 aromatic carbocycles. The summed E-state index contributed by atoms with van der Waals surface area (Å²) >= 11 is 0. The van der Waals surface area contributed by atoms with Crippen molar-refractivity contribution in [2.45, 2.75) is 32.1 Å². The van der Waals surface area contributed by atoms with Gasteiger partial charge in [0.05, 0.1) is 16.4 Å². The molecular weight excluding hydrogens is 344 g/mol. The van der Waals surface area contributed by atoms with E-state index in [1.807, 2.05) is 25.2 Å². The minimum atomic E-state index is -0.401. The van der Waals surface area contributed by atoms with E-state index in [9.17, 15) is 14.4 Å². The fourth-order valence-corrected chi connectivity index (χ4v) is 4.35. The quantitative estimate of drug-likeness (QED) is 0.885. The van der Waals surface area contributed by atoms with Crippen LogP contribution in [0.5, 0.6) is 0 Å². The molecule has 7 nitrogen and oxygen atoms in total. The van der Waals surface area contributed by atoms with Gasteiger partial charge in [-0.1, -0.05) is 12.1 Å². The first kappa shape index (κ1) is 17.7. The SMILES string of the molecule is CN1CCCC2(CCN(C(=O)CCc3nc4ccccc4[nH]c3=O)C2)C1=O. The van der Waals surface area contributed by atoms with Gasteiger partial charge in [-0.25, -0.2) is 4.98 Å². The molecule has 1 N–H and O–H groups in total. The highest BCUT2D eigenvalue weighted by molar-refractivity contribution is 5.86. The average Bonchev–Trinajstić information content (AvgIpc) is 3.09. The van der Waals surface area contributed by atoms with E-state index in [0.29, 0.717) is 30.7 Å². The molecule has 0 saturated carbocycles. The van der Waals surface area contributed by atoms with Crippen molar-refractivity contribution >= 4 is 22.8 Å². The second-order valence-electron chi connectivity index (χ2n) is 7.71. The number of aromatic amines is 1. The number of carbonyl (C=O) groups is 2. The predicted molar refractivity (Wildman–Crippen MR) is 101 cm³/mol. The molecular formula is C20H24N4O3. The molecule has 2 aromatic rings. The number of aryl methyl sites for hydroxylation is 1. The van der Waals surface area contributed by atoms with Crippen molar-refractivity contribution in [2.24, 2.45) is 5.41 Å². The van der Waals surface area contributed by atoms with Crippen LogP contribution in [0, 0.1) is 5.41 Å². The Morgan fingerprint density at radius 2 is 2.04 bits per heavy atom. The van der Waals surface area contributed by atoms with Crippen molar-refractivity contribution in [3.63, 3.8) is 0 Å². The summed E-state index contributed by atoms with van der Waals surface area (Å²) in [5.74, 6) is 0.152. The number of rotatable bonds is 3. The van der Waals surface area contributed by atoms with E-state index >= 15 is 0 Å². The van der Waals surface area contributed by atoms with Crippen LogP contribution in [0.2, 0.25) is 0 Å². The molecule has 2 saturated heterocycles. The molecule has 0 aliphatic carbocycles. The topological polar surface area (TPSA) is 86.4 Å². The van der Waals surface area contributed by atoms with E-state index in [1.54, 1.807) is 15.9 Å². The molecule has 1 aromatic heterocycles. The lowest BCUT2D eigenvalue weighted by Gasteiger charge is -2.37. The molecule has 1 atom stereocenters. The van der Waals surface area contributed by atoms with Gasteiger partial charge in [-0.05, 0) is 31.4 Å². The number of hydrogen-bond acceptors (Lipinski definition) is 4. The van der Waals surface area contributed by atoms with Crippen molar-refractivity contribution in [3.8, 4) is 0 Å². The van der Waals surface area contributed by atoms with E-state index in [2.05, 4.69) is 9.97 Å². The Morgan fingerprint density at radius 3 is 2.89 bits per heavy atom. The molecule has 142 valence electrons. The Hall–Kier alpha value is -2.70. The van der Waals surface area contributed by atoms with Gasteiger partial charge in [0.2, 0.25) is 11.8 Å². The van der Waals surface area contributed by atoms with Crippen LogP contribution in [-0.2, 0) is 16.0 Å². The normalized spacial score (nSPS) is 22.8. The Morgan fingerprint density at radius 1 is 1.22 bits per heavy atom. The van der Waals surface area contributed by atoms with Crippen molar-refractivity contribution in [3.05, 3.63) is 40.3 Å². The summed E-state index contributed by atoms with van der Waals surface area (Å²) in [4.78, 5) is 48.3. The first-order valence-electron chi connectivity index (χ1n) is 9.50. The van der Waals surface area contributed by atoms with Crippen LogP contribution in [-0.4, -0.2) is 58.3 Å². The molecule has 7 heteroatoms.